The van der Waals surface area contributed by atoms with E-state index in [4.69, 9.17) is 0 Å². The van der Waals surface area contributed by atoms with Crippen molar-refractivity contribution in [1.29, 1.82) is 5.26 Å². The molecule has 2 atom stereocenters. The van der Waals surface area contributed by atoms with Crippen LogP contribution in [0.4, 0.5) is 0 Å². The van der Waals surface area contributed by atoms with Crippen LogP contribution in [0.25, 0.3) is 0 Å². The molecule has 0 aliphatic heterocycles. The zero-order valence-corrected chi connectivity index (χ0v) is 12.5. The maximum Gasteiger partial charge on any atom is 0.0691 e. The van der Waals surface area contributed by atoms with Crippen molar-refractivity contribution in [1.82, 2.24) is 4.90 Å². The number of nitriles is 1. The van der Waals surface area contributed by atoms with Gasteiger partial charge in [-0.15, -0.1) is 11.3 Å². The zero-order chi connectivity index (χ0) is 12.3. The normalized spacial score (nSPS) is 15.1. The van der Waals surface area contributed by atoms with Crippen LogP contribution in [0.3, 0.4) is 0 Å². The quantitative estimate of drug-likeness (QED) is 0.843. The van der Waals surface area contributed by atoms with E-state index in [1.807, 2.05) is 14.1 Å². The highest BCUT2D eigenvalue weighted by Gasteiger charge is 2.28. The van der Waals surface area contributed by atoms with Crippen LogP contribution in [0.15, 0.2) is 15.9 Å². The molecule has 0 aliphatic carbocycles. The lowest BCUT2D eigenvalue weighted by Crippen LogP contribution is -2.29. The molecule has 1 aromatic rings. The van der Waals surface area contributed by atoms with Gasteiger partial charge in [0.2, 0.25) is 0 Å². The maximum absolute atomic E-state index is 9.30. The van der Waals surface area contributed by atoms with Crippen LogP contribution < -0.4 is 0 Å². The van der Waals surface area contributed by atoms with Gasteiger partial charge in [0.05, 0.1) is 18.0 Å². The highest BCUT2D eigenvalue weighted by Crippen LogP contribution is 2.36. The number of nitrogens with zero attached hydrogens (tertiary/aromatic N) is 2. The van der Waals surface area contributed by atoms with Gasteiger partial charge in [-0.05, 0) is 42.0 Å². The molecule has 1 rings (SSSR count). The monoisotopic (exact) mass is 300 g/mol. The van der Waals surface area contributed by atoms with Gasteiger partial charge in [-0.3, -0.25) is 0 Å². The lowest BCUT2D eigenvalue weighted by molar-refractivity contribution is 0.214. The summed E-state index contributed by atoms with van der Waals surface area (Å²) in [6.07, 6.45) is 0. The number of hydrogen-bond acceptors (Lipinski definition) is 3. The van der Waals surface area contributed by atoms with E-state index in [0.717, 1.165) is 4.47 Å². The summed E-state index contributed by atoms with van der Waals surface area (Å²) in [5.41, 5.74) is 0. The summed E-state index contributed by atoms with van der Waals surface area (Å²) in [6, 6.07) is 4.74. The van der Waals surface area contributed by atoms with Gasteiger partial charge in [0.15, 0.2) is 0 Å². The van der Waals surface area contributed by atoms with Gasteiger partial charge in [0, 0.05) is 14.7 Å². The molecule has 0 saturated heterocycles. The van der Waals surface area contributed by atoms with E-state index in [1.165, 1.54) is 4.88 Å². The molecule has 0 radical (unpaired) electrons. The van der Waals surface area contributed by atoms with E-state index in [-0.39, 0.29) is 12.0 Å². The van der Waals surface area contributed by atoms with Gasteiger partial charge in [-0.2, -0.15) is 5.26 Å². The molecule has 0 bridgehead atoms. The number of rotatable bonds is 4. The minimum atomic E-state index is 0.0283. The molecule has 88 valence electrons. The van der Waals surface area contributed by atoms with Gasteiger partial charge >= 0.3 is 0 Å². The van der Waals surface area contributed by atoms with Crippen LogP contribution in [0, 0.1) is 23.2 Å². The Labute approximate surface area is 110 Å². The summed E-state index contributed by atoms with van der Waals surface area (Å²) in [5, 5.41) is 11.4. The van der Waals surface area contributed by atoms with E-state index in [9.17, 15) is 5.26 Å². The molecule has 4 heteroatoms. The van der Waals surface area contributed by atoms with Crippen molar-refractivity contribution in [2.45, 2.75) is 19.9 Å². The van der Waals surface area contributed by atoms with Crippen molar-refractivity contribution in [3.05, 3.63) is 20.8 Å². The van der Waals surface area contributed by atoms with E-state index >= 15 is 0 Å². The fourth-order valence-electron chi connectivity index (χ4n) is 1.82. The van der Waals surface area contributed by atoms with Crippen molar-refractivity contribution >= 4 is 27.3 Å². The first-order valence-electron chi connectivity index (χ1n) is 5.27. The Bertz CT molecular complexity index is 379. The summed E-state index contributed by atoms with van der Waals surface area (Å²) < 4.78 is 1.10. The Morgan fingerprint density at radius 2 is 2.06 bits per heavy atom. The summed E-state index contributed by atoms with van der Waals surface area (Å²) in [6.45, 7) is 4.21. The molecule has 2 nitrogen and oxygen atoms in total. The first kappa shape index (κ1) is 13.7. The van der Waals surface area contributed by atoms with Crippen molar-refractivity contribution in [2.24, 2.45) is 11.8 Å². The third-order valence-corrected chi connectivity index (χ3v) is 4.41. The smallest absolute Gasteiger partial charge is 0.0691 e. The van der Waals surface area contributed by atoms with E-state index in [0.29, 0.717) is 5.92 Å². The second-order valence-electron chi connectivity index (χ2n) is 4.47. The predicted molar refractivity (Wildman–Crippen MR) is 72.4 cm³/mol. The average molecular weight is 301 g/mol. The van der Waals surface area contributed by atoms with Gasteiger partial charge < -0.3 is 4.90 Å². The second kappa shape index (κ2) is 5.81. The molecule has 0 N–H and O–H groups in total. The van der Waals surface area contributed by atoms with Gasteiger partial charge in [0.25, 0.3) is 0 Å². The van der Waals surface area contributed by atoms with Crippen molar-refractivity contribution < 1.29 is 0 Å². The molecule has 0 saturated carbocycles. The van der Waals surface area contributed by atoms with Crippen LogP contribution in [0.1, 0.15) is 24.8 Å². The molecule has 0 amide bonds. The Morgan fingerprint density at radius 1 is 1.44 bits per heavy atom. The third-order valence-electron chi connectivity index (χ3n) is 2.64. The van der Waals surface area contributed by atoms with Gasteiger partial charge in [-0.1, -0.05) is 13.8 Å². The van der Waals surface area contributed by atoms with Crippen molar-refractivity contribution in [3.8, 4) is 6.07 Å². The maximum atomic E-state index is 9.30. The number of thiophene rings is 1. The van der Waals surface area contributed by atoms with Crippen molar-refractivity contribution in [2.75, 3.05) is 14.1 Å². The Morgan fingerprint density at radius 3 is 2.38 bits per heavy atom. The van der Waals surface area contributed by atoms with E-state index in [1.54, 1.807) is 11.3 Å². The molecular weight excluding hydrogens is 284 g/mol. The van der Waals surface area contributed by atoms with Gasteiger partial charge in [0.1, 0.15) is 0 Å². The summed E-state index contributed by atoms with van der Waals surface area (Å²) in [7, 11) is 4.07. The van der Waals surface area contributed by atoms with E-state index < -0.39 is 0 Å². The largest absolute Gasteiger partial charge is 0.300 e. The van der Waals surface area contributed by atoms with Crippen LogP contribution >= 0.6 is 27.3 Å². The second-order valence-corrected chi connectivity index (χ2v) is 6.33. The van der Waals surface area contributed by atoms with E-state index in [2.05, 4.69) is 52.2 Å². The molecule has 0 spiro atoms. The van der Waals surface area contributed by atoms with Crippen LogP contribution in [-0.2, 0) is 0 Å². The Balaban J connectivity index is 3.04. The minimum absolute atomic E-state index is 0.0283. The topological polar surface area (TPSA) is 27.0 Å². The molecule has 0 fully saturated rings. The first-order chi connectivity index (χ1) is 7.47. The highest BCUT2D eigenvalue weighted by atomic mass is 79.9. The molecule has 0 aromatic carbocycles. The minimum Gasteiger partial charge on any atom is -0.300 e. The number of halogens is 1. The fourth-order valence-corrected chi connectivity index (χ4v) is 3.51. The Kier molecular flexibility index (Phi) is 4.97. The van der Waals surface area contributed by atoms with Crippen LogP contribution in [-0.4, -0.2) is 19.0 Å². The molecular formula is C12H17BrN2S. The van der Waals surface area contributed by atoms with Crippen LogP contribution in [0.2, 0.25) is 0 Å². The fraction of sp³-hybridized carbons (Fsp3) is 0.583. The molecule has 1 aromatic heterocycles. The first-order valence-corrected chi connectivity index (χ1v) is 6.94. The lowest BCUT2D eigenvalue weighted by Gasteiger charge is -2.29. The molecule has 1 heterocycles. The zero-order valence-electron chi connectivity index (χ0n) is 10.1. The number of hydrogen-bond donors (Lipinski definition) is 0. The van der Waals surface area contributed by atoms with Crippen LogP contribution in [0.5, 0.6) is 0 Å². The van der Waals surface area contributed by atoms with Crippen molar-refractivity contribution in [3.63, 3.8) is 0 Å². The summed E-state index contributed by atoms with van der Waals surface area (Å²) in [5.74, 6) is 0.388. The lowest BCUT2D eigenvalue weighted by atomic mass is 9.88. The standard InChI is InChI=1S/C12H17BrN2S/c1-8(2)10(6-14)12(15(3)4)11-5-9(13)7-16-11/h5,7-8,10,12H,1-4H3. The molecule has 16 heavy (non-hydrogen) atoms. The third kappa shape index (κ3) is 3.07. The average Bonchev–Trinajstić information content (AvgIpc) is 2.59. The molecule has 2 unspecified atom stereocenters. The summed E-state index contributed by atoms with van der Waals surface area (Å²) in [4.78, 5) is 3.38. The molecule has 0 aliphatic rings. The Hall–Kier alpha value is -0.370. The predicted octanol–water partition coefficient (Wildman–Crippen LogP) is 3.91. The highest BCUT2D eigenvalue weighted by molar-refractivity contribution is 9.10. The van der Waals surface area contributed by atoms with Gasteiger partial charge in [-0.25, -0.2) is 0 Å². The SMILES string of the molecule is CC(C)C(C#N)C(c1cc(Br)cs1)N(C)C. The summed E-state index contributed by atoms with van der Waals surface area (Å²) >= 11 is 5.17.